The van der Waals surface area contributed by atoms with E-state index in [2.05, 4.69) is 10.0 Å². The first kappa shape index (κ1) is 21.5. The molecular weight excluding hydrogens is 366 g/mol. The number of ether oxygens (including phenoxy) is 1. The number of hydrogen-bond acceptors (Lipinski definition) is 5. The van der Waals surface area contributed by atoms with Gasteiger partial charge in [0.05, 0.1) is 18.6 Å². The van der Waals surface area contributed by atoms with Crippen molar-refractivity contribution in [3.63, 3.8) is 0 Å². The molecular formula is C16H26ClN3O4S. The number of rotatable bonds is 7. The maximum atomic E-state index is 12.2. The highest BCUT2D eigenvalue weighted by Crippen LogP contribution is 2.30. The largest absolute Gasteiger partial charge is 0.494 e. The number of benzene rings is 1. The molecule has 0 saturated heterocycles. The molecule has 0 aromatic heterocycles. The van der Waals surface area contributed by atoms with Crippen molar-refractivity contribution in [3.8, 4) is 5.75 Å². The maximum Gasteiger partial charge on any atom is 0.232 e. The fourth-order valence-electron chi connectivity index (χ4n) is 2.86. The van der Waals surface area contributed by atoms with Crippen LogP contribution in [0.15, 0.2) is 18.2 Å². The number of carbonyl (C=O) groups is 1. The van der Waals surface area contributed by atoms with Crippen LogP contribution in [-0.2, 0) is 14.8 Å². The molecule has 0 bridgehead atoms. The normalized spacial score (nSPS) is 19.8. The Hall–Kier alpha value is -1.51. The number of methoxy groups -OCH3 is 1. The molecule has 0 radical (unpaired) electrons. The minimum atomic E-state index is -3.39. The van der Waals surface area contributed by atoms with Crippen molar-refractivity contribution in [2.75, 3.05) is 22.9 Å². The van der Waals surface area contributed by atoms with Gasteiger partial charge in [-0.15, -0.1) is 12.4 Å². The molecule has 2 atom stereocenters. The van der Waals surface area contributed by atoms with Gasteiger partial charge < -0.3 is 15.8 Å². The Morgan fingerprint density at radius 1 is 1.36 bits per heavy atom. The molecule has 0 spiro atoms. The first-order chi connectivity index (χ1) is 11.3. The minimum absolute atomic E-state index is 0. The second-order valence-electron chi connectivity index (χ2n) is 6.03. The quantitative estimate of drug-likeness (QED) is 0.660. The first-order valence-corrected chi connectivity index (χ1v) is 9.74. The van der Waals surface area contributed by atoms with Gasteiger partial charge in [0, 0.05) is 24.2 Å². The van der Waals surface area contributed by atoms with Crippen LogP contribution >= 0.6 is 12.4 Å². The zero-order chi connectivity index (χ0) is 17.7. The summed E-state index contributed by atoms with van der Waals surface area (Å²) in [6.07, 6.45) is 3.42. The molecule has 2 rings (SSSR count). The van der Waals surface area contributed by atoms with E-state index in [0.717, 1.165) is 19.3 Å². The summed E-state index contributed by atoms with van der Waals surface area (Å²) >= 11 is 0. The zero-order valence-corrected chi connectivity index (χ0v) is 16.1. The third kappa shape index (κ3) is 6.05. The summed E-state index contributed by atoms with van der Waals surface area (Å²) in [5.74, 6) is 0.447. The van der Waals surface area contributed by atoms with Crippen molar-refractivity contribution in [2.24, 2.45) is 11.7 Å². The van der Waals surface area contributed by atoms with Crippen molar-refractivity contribution < 1.29 is 17.9 Å². The third-order valence-electron chi connectivity index (χ3n) is 4.30. The van der Waals surface area contributed by atoms with E-state index in [1.165, 1.54) is 7.11 Å². The van der Waals surface area contributed by atoms with E-state index in [1.807, 2.05) is 0 Å². The van der Waals surface area contributed by atoms with Gasteiger partial charge in [-0.2, -0.15) is 0 Å². The van der Waals surface area contributed by atoms with Crippen LogP contribution in [-0.4, -0.2) is 33.2 Å². The number of amides is 1. The van der Waals surface area contributed by atoms with Gasteiger partial charge in [0.2, 0.25) is 15.9 Å². The molecule has 9 heteroatoms. The summed E-state index contributed by atoms with van der Waals surface area (Å²) in [5.41, 5.74) is 6.89. The molecule has 25 heavy (non-hydrogen) atoms. The summed E-state index contributed by atoms with van der Waals surface area (Å²) < 4.78 is 31.0. The minimum Gasteiger partial charge on any atom is -0.494 e. The van der Waals surface area contributed by atoms with E-state index < -0.39 is 10.0 Å². The zero-order valence-electron chi connectivity index (χ0n) is 14.4. The molecule has 0 heterocycles. The molecule has 1 aliphatic carbocycles. The Labute approximate surface area is 155 Å². The number of sulfonamides is 1. The van der Waals surface area contributed by atoms with Gasteiger partial charge in [0.25, 0.3) is 0 Å². The predicted molar refractivity (Wildman–Crippen MR) is 102 cm³/mol. The fraction of sp³-hybridized carbons (Fsp3) is 0.562. The van der Waals surface area contributed by atoms with E-state index in [4.69, 9.17) is 10.5 Å². The van der Waals surface area contributed by atoms with Crippen LogP contribution in [0.3, 0.4) is 0 Å². The van der Waals surface area contributed by atoms with Crippen molar-refractivity contribution in [2.45, 2.75) is 38.6 Å². The lowest BCUT2D eigenvalue weighted by Crippen LogP contribution is -2.28. The average molecular weight is 392 g/mol. The standard InChI is InChI=1S/C16H25N3O4S.ClH/c1-3-24(21,22)19-14-8-7-12(10-15(14)23-2)18-16(20)9-11-5-4-6-13(11)17;/h7-8,10-11,13,19H,3-6,9,17H2,1-2H3,(H,18,20);1H/t11-,13+;/m0./s1. The average Bonchev–Trinajstić information content (AvgIpc) is 2.93. The molecule has 1 fully saturated rings. The van der Waals surface area contributed by atoms with Crippen LogP contribution in [0.25, 0.3) is 0 Å². The molecule has 142 valence electrons. The molecule has 1 aliphatic rings. The fourth-order valence-corrected chi connectivity index (χ4v) is 3.51. The number of carbonyl (C=O) groups excluding carboxylic acids is 1. The Morgan fingerprint density at radius 2 is 2.08 bits per heavy atom. The van der Waals surface area contributed by atoms with Crippen LogP contribution in [0.2, 0.25) is 0 Å². The number of nitrogens with one attached hydrogen (secondary N) is 2. The topological polar surface area (TPSA) is 111 Å². The van der Waals surface area contributed by atoms with E-state index in [-0.39, 0.29) is 36.0 Å². The van der Waals surface area contributed by atoms with E-state index in [1.54, 1.807) is 25.1 Å². The lowest BCUT2D eigenvalue weighted by Gasteiger charge is -2.16. The Morgan fingerprint density at radius 3 is 2.64 bits per heavy atom. The van der Waals surface area contributed by atoms with Gasteiger partial charge in [0.1, 0.15) is 5.75 Å². The van der Waals surface area contributed by atoms with Gasteiger partial charge in [-0.1, -0.05) is 6.42 Å². The third-order valence-corrected chi connectivity index (χ3v) is 5.59. The molecule has 1 saturated carbocycles. The van der Waals surface area contributed by atoms with Gasteiger partial charge in [-0.3, -0.25) is 9.52 Å². The van der Waals surface area contributed by atoms with Gasteiger partial charge in [-0.25, -0.2) is 8.42 Å². The van der Waals surface area contributed by atoms with E-state index in [0.29, 0.717) is 23.5 Å². The molecule has 7 nitrogen and oxygen atoms in total. The summed E-state index contributed by atoms with van der Waals surface area (Å²) in [5, 5.41) is 2.82. The summed E-state index contributed by atoms with van der Waals surface area (Å²) in [6.45, 7) is 1.55. The van der Waals surface area contributed by atoms with Crippen LogP contribution < -0.4 is 20.5 Å². The molecule has 1 amide bonds. The van der Waals surface area contributed by atoms with Crippen LogP contribution in [0.5, 0.6) is 5.75 Å². The number of nitrogens with two attached hydrogens (primary N) is 1. The molecule has 4 N–H and O–H groups in total. The molecule has 0 unspecified atom stereocenters. The van der Waals surface area contributed by atoms with Crippen LogP contribution in [0.1, 0.15) is 32.6 Å². The number of hydrogen-bond donors (Lipinski definition) is 3. The maximum absolute atomic E-state index is 12.2. The highest BCUT2D eigenvalue weighted by atomic mass is 35.5. The van der Waals surface area contributed by atoms with Crippen molar-refractivity contribution >= 4 is 39.7 Å². The summed E-state index contributed by atoms with van der Waals surface area (Å²) in [7, 11) is -1.95. The molecule has 0 aliphatic heterocycles. The van der Waals surface area contributed by atoms with E-state index in [9.17, 15) is 13.2 Å². The number of anilines is 2. The first-order valence-electron chi connectivity index (χ1n) is 8.08. The Balaban J connectivity index is 0.00000312. The highest BCUT2D eigenvalue weighted by Gasteiger charge is 2.26. The summed E-state index contributed by atoms with van der Waals surface area (Å²) in [6, 6.07) is 4.90. The van der Waals surface area contributed by atoms with Crippen LogP contribution in [0.4, 0.5) is 11.4 Å². The second-order valence-corrected chi connectivity index (χ2v) is 8.04. The smallest absolute Gasteiger partial charge is 0.232 e. The molecule has 1 aromatic carbocycles. The van der Waals surface area contributed by atoms with Crippen molar-refractivity contribution in [1.82, 2.24) is 0 Å². The van der Waals surface area contributed by atoms with Crippen molar-refractivity contribution in [1.29, 1.82) is 0 Å². The van der Waals surface area contributed by atoms with Gasteiger partial charge in [0.15, 0.2) is 0 Å². The second kappa shape index (κ2) is 9.26. The predicted octanol–water partition coefficient (Wildman–Crippen LogP) is 2.33. The molecule has 1 aromatic rings. The van der Waals surface area contributed by atoms with Gasteiger partial charge in [-0.05, 0) is 37.8 Å². The van der Waals surface area contributed by atoms with Crippen molar-refractivity contribution in [3.05, 3.63) is 18.2 Å². The lowest BCUT2D eigenvalue weighted by molar-refractivity contribution is -0.117. The van der Waals surface area contributed by atoms with Gasteiger partial charge >= 0.3 is 0 Å². The van der Waals surface area contributed by atoms with E-state index >= 15 is 0 Å². The Bertz CT molecular complexity index is 697. The lowest BCUT2D eigenvalue weighted by atomic mass is 10.00. The monoisotopic (exact) mass is 391 g/mol. The summed E-state index contributed by atoms with van der Waals surface area (Å²) in [4.78, 5) is 12.2. The highest BCUT2D eigenvalue weighted by molar-refractivity contribution is 7.92. The number of halogens is 1. The van der Waals surface area contributed by atoms with Crippen LogP contribution in [0, 0.1) is 5.92 Å². The SMILES string of the molecule is CCS(=O)(=O)Nc1ccc(NC(=O)C[C@@H]2CCC[C@H]2N)cc1OC.Cl. The Kier molecular flexibility index (Phi) is 7.98.